The number of imidazole rings is 1. The lowest BCUT2D eigenvalue weighted by Gasteiger charge is -2.25. The lowest BCUT2D eigenvalue weighted by Crippen LogP contribution is -2.30. The van der Waals surface area contributed by atoms with Crippen LogP contribution in [0.5, 0.6) is 0 Å². The molecule has 14 heavy (non-hydrogen) atoms. The van der Waals surface area contributed by atoms with Crippen LogP contribution < -0.4 is 5.32 Å². The number of piperidine rings is 1. The number of hydrogen-bond donors (Lipinski definition) is 1. The fourth-order valence-electron chi connectivity index (χ4n) is 1.99. The molecule has 1 N–H and O–H groups in total. The maximum Gasteiger partial charge on any atom is 0.161 e. The number of aryl methyl sites for hydroxylation is 1. The van der Waals surface area contributed by atoms with Crippen molar-refractivity contribution in [2.45, 2.75) is 19.0 Å². The highest BCUT2D eigenvalue weighted by Crippen LogP contribution is 2.30. The molecule has 3 nitrogen and oxygen atoms in total. The quantitative estimate of drug-likeness (QED) is 0.777. The van der Waals surface area contributed by atoms with E-state index in [4.69, 9.17) is 0 Å². The second-order valence-electron chi connectivity index (χ2n) is 3.89. The minimum Gasteiger partial charge on any atom is -0.336 e. The van der Waals surface area contributed by atoms with Crippen molar-refractivity contribution >= 4 is 0 Å². The van der Waals surface area contributed by atoms with Crippen molar-refractivity contribution in [1.82, 2.24) is 14.9 Å². The van der Waals surface area contributed by atoms with Gasteiger partial charge in [-0.2, -0.15) is 0 Å². The van der Waals surface area contributed by atoms with E-state index in [1.165, 1.54) is 0 Å². The molecular formula is C10H16FN3. The molecule has 0 aliphatic carbocycles. The maximum absolute atomic E-state index is 14.0. The first-order chi connectivity index (χ1) is 6.79. The molecule has 2 rings (SSSR count). The predicted molar refractivity (Wildman–Crippen MR) is 52.7 cm³/mol. The van der Waals surface area contributed by atoms with Crippen LogP contribution in [0.4, 0.5) is 4.39 Å². The van der Waals surface area contributed by atoms with Gasteiger partial charge in [0.2, 0.25) is 0 Å². The van der Waals surface area contributed by atoms with Gasteiger partial charge in [-0.15, -0.1) is 0 Å². The summed E-state index contributed by atoms with van der Waals surface area (Å²) in [5, 5.41) is 3.24. The van der Waals surface area contributed by atoms with E-state index in [0.717, 1.165) is 25.9 Å². The fraction of sp³-hybridized carbons (Fsp3) is 0.700. The van der Waals surface area contributed by atoms with Gasteiger partial charge in [0.05, 0.1) is 0 Å². The van der Waals surface area contributed by atoms with Gasteiger partial charge in [0, 0.05) is 19.4 Å². The van der Waals surface area contributed by atoms with Crippen LogP contribution in [0.1, 0.15) is 24.8 Å². The van der Waals surface area contributed by atoms with E-state index in [2.05, 4.69) is 10.3 Å². The number of rotatable bonds is 2. The van der Waals surface area contributed by atoms with Crippen LogP contribution in [-0.4, -0.2) is 22.6 Å². The van der Waals surface area contributed by atoms with Crippen molar-refractivity contribution in [3.63, 3.8) is 0 Å². The number of nitrogens with one attached hydrogen (secondary N) is 1. The van der Waals surface area contributed by atoms with E-state index in [1.54, 1.807) is 17.0 Å². The molecule has 1 aliphatic rings. The van der Waals surface area contributed by atoms with Crippen molar-refractivity contribution < 1.29 is 4.39 Å². The Morgan fingerprint density at radius 2 is 2.29 bits per heavy atom. The summed E-state index contributed by atoms with van der Waals surface area (Å²) < 4.78 is 15.8. The zero-order valence-corrected chi connectivity index (χ0v) is 8.41. The molecule has 4 heteroatoms. The van der Waals surface area contributed by atoms with Gasteiger partial charge >= 0.3 is 0 Å². The molecule has 0 amide bonds. The van der Waals surface area contributed by atoms with Crippen molar-refractivity contribution in [2.75, 3.05) is 13.1 Å². The Morgan fingerprint density at radius 1 is 1.57 bits per heavy atom. The molecule has 1 saturated heterocycles. The minimum absolute atomic E-state index is 0.136. The highest BCUT2D eigenvalue weighted by atomic mass is 19.1. The third-order valence-corrected chi connectivity index (χ3v) is 2.90. The SMILES string of the molecule is Cn1ccnc1C(F)C1CCNCC1. The molecule has 1 fully saturated rings. The zero-order valence-electron chi connectivity index (χ0n) is 8.41. The summed E-state index contributed by atoms with van der Waals surface area (Å²) in [4.78, 5) is 4.06. The van der Waals surface area contributed by atoms with Gasteiger partial charge in [-0.1, -0.05) is 0 Å². The molecule has 0 spiro atoms. The summed E-state index contributed by atoms with van der Waals surface area (Å²) in [7, 11) is 1.84. The van der Waals surface area contributed by atoms with Crippen molar-refractivity contribution in [3.05, 3.63) is 18.2 Å². The summed E-state index contributed by atoms with van der Waals surface area (Å²) in [6, 6.07) is 0. The Hall–Kier alpha value is -0.900. The summed E-state index contributed by atoms with van der Waals surface area (Å²) in [6.07, 6.45) is 4.37. The topological polar surface area (TPSA) is 29.9 Å². The molecule has 0 saturated carbocycles. The second-order valence-corrected chi connectivity index (χ2v) is 3.89. The van der Waals surface area contributed by atoms with Crippen LogP contribution in [0.2, 0.25) is 0 Å². The zero-order chi connectivity index (χ0) is 9.97. The third kappa shape index (κ3) is 1.80. The van der Waals surface area contributed by atoms with Gasteiger partial charge in [-0.05, 0) is 31.8 Å². The first kappa shape index (κ1) is 9.65. The first-order valence-corrected chi connectivity index (χ1v) is 5.11. The van der Waals surface area contributed by atoms with E-state index in [1.807, 2.05) is 7.05 Å². The molecule has 0 radical (unpaired) electrons. The van der Waals surface area contributed by atoms with E-state index in [0.29, 0.717) is 5.82 Å². The van der Waals surface area contributed by atoms with Crippen LogP contribution in [0.15, 0.2) is 12.4 Å². The van der Waals surface area contributed by atoms with Crippen LogP contribution in [0.3, 0.4) is 0 Å². The molecule has 1 aromatic rings. The second kappa shape index (κ2) is 4.09. The summed E-state index contributed by atoms with van der Waals surface area (Å²) in [6.45, 7) is 1.85. The molecule has 78 valence electrons. The number of hydrogen-bond acceptors (Lipinski definition) is 2. The lowest BCUT2D eigenvalue weighted by atomic mass is 9.93. The van der Waals surface area contributed by atoms with E-state index >= 15 is 0 Å². The number of alkyl halides is 1. The molecule has 1 aromatic heterocycles. The van der Waals surface area contributed by atoms with Crippen molar-refractivity contribution in [3.8, 4) is 0 Å². The van der Waals surface area contributed by atoms with E-state index < -0.39 is 6.17 Å². The Labute approximate surface area is 83.3 Å². The average Bonchev–Trinajstić information content (AvgIpc) is 2.65. The van der Waals surface area contributed by atoms with Gasteiger partial charge in [0.25, 0.3) is 0 Å². The van der Waals surface area contributed by atoms with Crippen molar-refractivity contribution in [1.29, 1.82) is 0 Å². The third-order valence-electron chi connectivity index (χ3n) is 2.90. The highest BCUT2D eigenvalue weighted by molar-refractivity contribution is 4.98. The monoisotopic (exact) mass is 197 g/mol. The normalized spacial score (nSPS) is 21.0. The predicted octanol–water partition coefficient (Wildman–Crippen LogP) is 1.43. The molecule has 1 unspecified atom stereocenters. The van der Waals surface area contributed by atoms with Gasteiger partial charge in [-0.25, -0.2) is 9.37 Å². The van der Waals surface area contributed by atoms with Gasteiger partial charge < -0.3 is 9.88 Å². The van der Waals surface area contributed by atoms with Crippen LogP contribution in [0, 0.1) is 5.92 Å². The average molecular weight is 197 g/mol. The number of aromatic nitrogens is 2. The standard InChI is InChI=1S/C10H16FN3/c1-14-7-6-13-10(14)9(11)8-2-4-12-5-3-8/h6-9,12H,2-5H2,1H3. The largest absolute Gasteiger partial charge is 0.336 e. The van der Waals surface area contributed by atoms with Gasteiger partial charge in [-0.3, -0.25) is 0 Å². The van der Waals surface area contributed by atoms with E-state index in [-0.39, 0.29) is 5.92 Å². The Balaban J connectivity index is 2.07. The van der Waals surface area contributed by atoms with Crippen LogP contribution in [-0.2, 0) is 7.05 Å². The summed E-state index contributed by atoms with van der Waals surface area (Å²) in [5.41, 5.74) is 0. The van der Waals surface area contributed by atoms with Crippen molar-refractivity contribution in [2.24, 2.45) is 13.0 Å². The molecule has 2 heterocycles. The number of nitrogens with zero attached hydrogens (tertiary/aromatic N) is 2. The van der Waals surface area contributed by atoms with Crippen LogP contribution >= 0.6 is 0 Å². The molecule has 0 bridgehead atoms. The highest BCUT2D eigenvalue weighted by Gasteiger charge is 2.27. The Morgan fingerprint density at radius 3 is 2.86 bits per heavy atom. The Kier molecular flexibility index (Phi) is 2.82. The molecule has 0 aromatic carbocycles. The number of halogens is 1. The minimum atomic E-state index is -0.905. The fourth-order valence-corrected chi connectivity index (χ4v) is 1.99. The molecule has 1 aliphatic heterocycles. The summed E-state index contributed by atoms with van der Waals surface area (Å²) in [5.74, 6) is 0.703. The van der Waals surface area contributed by atoms with Gasteiger partial charge in [0.15, 0.2) is 6.17 Å². The summed E-state index contributed by atoms with van der Waals surface area (Å²) >= 11 is 0. The lowest BCUT2D eigenvalue weighted by molar-refractivity contribution is 0.178. The molecule has 1 atom stereocenters. The van der Waals surface area contributed by atoms with Crippen LogP contribution in [0.25, 0.3) is 0 Å². The Bertz CT molecular complexity index is 291. The molecular weight excluding hydrogens is 181 g/mol. The smallest absolute Gasteiger partial charge is 0.161 e. The first-order valence-electron chi connectivity index (χ1n) is 5.11. The van der Waals surface area contributed by atoms with E-state index in [9.17, 15) is 4.39 Å². The maximum atomic E-state index is 14.0. The van der Waals surface area contributed by atoms with Gasteiger partial charge in [0.1, 0.15) is 5.82 Å².